The van der Waals surface area contributed by atoms with Gasteiger partial charge in [-0.25, -0.2) is 12.4 Å². The zero-order valence-electron chi connectivity index (χ0n) is 17.7. The Morgan fingerprint density at radius 3 is 2.45 bits per heavy atom. The largest absolute Gasteiger partial charge is 0.380 e. The van der Waals surface area contributed by atoms with E-state index in [0.29, 0.717) is 10.4 Å². The Morgan fingerprint density at radius 2 is 1.74 bits per heavy atom. The molecule has 0 amide bonds. The average molecular weight is 441 g/mol. The van der Waals surface area contributed by atoms with Crippen molar-refractivity contribution < 1.29 is 13.2 Å². The van der Waals surface area contributed by atoms with Gasteiger partial charge in [0.1, 0.15) is 0 Å². The first kappa shape index (κ1) is 20.4. The summed E-state index contributed by atoms with van der Waals surface area (Å²) in [4.78, 5) is 4.84. The number of rotatable bonds is 5. The second-order valence-corrected chi connectivity index (χ2v) is 9.96. The SMILES string of the molecule is CO[C@H]1CCN(c2ccc(S(=O)(=O)n3ccc4c(N5CCNCC5)cccc43)cc2)C1. The summed E-state index contributed by atoms with van der Waals surface area (Å²) in [5, 5.41) is 4.33. The van der Waals surface area contributed by atoms with Crippen LogP contribution in [0.4, 0.5) is 11.4 Å². The van der Waals surface area contributed by atoms with Crippen molar-refractivity contribution in [3.8, 4) is 0 Å². The first-order valence-electron chi connectivity index (χ1n) is 10.8. The molecule has 1 aromatic heterocycles. The maximum absolute atomic E-state index is 13.4. The van der Waals surface area contributed by atoms with Crippen molar-refractivity contribution in [3.05, 3.63) is 54.7 Å². The Morgan fingerprint density at radius 1 is 0.968 bits per heavy atom. The standard InChI is InChI=1S/C23H28N4O3S/c1-30-19-9-13-26(17-19)18-5-7-20(8-6-18)31(28,29)27-14-10-21-22(3-2-4-23(21)27)25-15-11-24-12-16-25/h2-8,10,14,19,24H,9,11-13,15-17H2,1H3/t19-/m0/s1. The molecule has 1 atom stereocenters. The first-order valence-corrected chi connectivity index (χ1v) is 12.2. The Balaban J connectivity index is 1.45. The second kappa shape index (κ2) is 8.18. The fraction of sp³-hybridized carbons (Fsp3) is 0.391. The van der Waals surface area contributed by atoms with Gasteiger partial charge < -0.3 is 19.9 Å². The molecular weight excluding hydrogens is 412 g/mol. The monoisotopic (exact) mass is 440 g/mol. The van der Waals surface area contributed by atoms with Gasteiger partial charge in [0.2, 0.25) is 0 Å². The van der Waals surface area contributed by atoms with Crippen LogP contribution < -0.4 is 15.1 Å². The number of hydrogen-bond donors (Lipinski definition) is 1. The summed E-state index contributed by atoms with van der Waals surface area (Å²) in [6, 6.07) is 15.0. The highest BCUT2D eigenvalue weighted by Gasteiger charge is 2.24. The van der Waals surface area contributed by atoms with E-state index in [9.17, 15) is 8.42 Å². The molecule has 3 aromatic rings. The predicted molar refractivity (Wildman–Crippen MR) is 124 cm³/mol. The molecule has 0 spiro atoms. The van der Waals surface area contributed by atoms with Crippen molar-refractivity contribution >= 4 is 32.3 Å². The van der Waals surface area contributed by atoms with Gasteiger partial charge in [0, 0.05) is 69.3 Å². The van der Waals surface area contributed by atoms with E-state index in [-0.39, 0.29) is 6.10 Å². The number of methoxy groups -OCH3 is 1. The molecule has 2 aliphatic rings. The van der Waals surface area contributed by atoms with E-state index in [4.69, 9.17) is 4.74 Å². The number of aromatic nitrogens is 1. The van der Waals surface area contributed by atoms with E-state index >= 15 is 0 Å². The van der Waals surface area contributed by atoms with Gasteiger partial charge in [0.15, 0.2) is 0 Å². The zero-order chi connectivity index (χ0) is 21.4. The van der Waals surface area contributed by atoms with Gasteiger partial charge in [-0.3, -0.25) is 0 Å². The average Bonchev–Trinajstić information content (AvgIpc) is 3.47. The maximum Gasteiger partial charge on any atom is 0.268 e. The van der Waals surface area contributed by atoms with Crippen molar-refractivity contribution in [2.75, 3.05) is 56.2 Å². The Bertz CT molecular complexity index is 1170. The molecule has 0 unspecified atom stereocenters. The van der Waals surface area contributed by atoms with E-state index < -0.39 is 10.0 Å². The van der Waals surface area contributed by atoms with Crippen LogP contribution in [0.25, 0.3) is 10.9 Å². The van der Waals surface area contributed by atoms with Crippen LogP contribution in [0.3, 0.4) is 0 Å². The normalized spacial score (nSPS) is 20.0. The number of nitrogens with one attached hydrogen (secondary N) is 1. The lowest BCUT2D eigenvalue weighted by Crippen LogP contribution is -2.43. The summed E-state index contributed by atoms with van der Waals surface area (Å²) < 4.78 is 33.7. The van der Waals surface area contributed by atoms with E-state index in [1.807, 2.05) is 30.3 Å². The summed E-state index contributed by atoms with van der Waals surface area (Å²) in [5.41, 5.74) is 2.82. The summed E-state index contributed by atoms with van der Waals surface area (Å²) in [7, 11) is -1.95. The molecule has 0 bridgehead atoms. The molecule has 5 rings (SSSR count). The number of benzene rings is 2. The van der Waals surface area contributed by atoms with Gasteiger partial charge >= 0.3 is 0 Å². The number of fused-ring (bicyclic) bond motifs is 1. The molecule has 8 heteroatoms. The van der Waals surface area contributed by atoms with Crippen molar-refractivity contribution in [2.24, 2.45) is 0 Å². The molecule has 0 saturated carbocycles. The molecule has 31 heavy (non-hydrogen) atoms. The molecule has 0 radical (unpaired) electrons. The zero-order valence-corrected chi connectivity index (χ0v) is 18.5. The van der Waals surface area contributed by atoms with Crippen LogP contribution in [0.5, 0.6) is 0 Å². The molecule has 2 saturated heterocycles. The minimum atomic E-state index is -3.68. The van der Waals surface area contributed by atoms with E-state index in [2.05, 4.69) is 21.2 Å². The summed E-state index contributed by atoms with van der Waals surface area (Å²) in [6.45, 7) is 5.45. The quantitative estimate of drug-likeness (QED) is 0.658. The maximum atomic E-state index is 13.4. The number of ether oxygens (including phenoxy) is 1. The lowest BCUT2D eigenvalue weighted by Gasteiger charge is -2.30. The van der Waals surface area contributed by atoms with Crippen LogP contribution in [-0.4, -0.2) is 64.9 Å². The van der Waals surface area contributed by atoms with Crippen molar-refractivity contribution in [1.29, 1.82) is 0 Å². The topological polar surface area (TPSA) is 66.8 Å². The number of piperazine rings is 1. The van der Waals surface area contributed by atoms with E-state index in [0.717, 1.165) is 62.5 Å². The van der Waals surface area contributed by atoms with Crippen LogP contribution in [0, 0.1) is 0 Å². The molecule has 7 nitrogen and oxygen atoms in total. The molecule has 2 aliphatic heterocycles. The fourth-order valence-electron chi connectivity index (χ4n) is 4.62. The lowest BCUT2D eigenvalue weighted by atomic mass is 10.2. The minimum Gasteiger partial charge on any atom is -0.380 e. The van der Waals surface area contributed by atoms with Gasteiger partial charge in [-0.1, -0.05) is 6.07 Å². The van der Waals surface area contributed by atoms with E-state index in [1.54, 1.807) is 25.4 Å². The van der Waals surface area contributed by atoms with Crippen LogP contribution in [0.2, 0.25) is 0 Å². The fourth-order valence-corrected chi connectivity index (χ4v) is 5.96. The van der Waals surface area contributed by atoms with Crippen molar-refractivity contribution in [3.63, 3.8) is 0 Å². The first-order chi connectivity index (χ1) is 15.1. The Kier molecular flexibility index (Phi) is 5.37. The van der Waals surface area contributed by atoms with Gasteiger partial charge in [0.05, 0.1) is 16.5 Å². The molecular formula is C23H28N4O3S. The minimum absolute atomic E-state index is 0.236. The van der Waals surface area contributed by atoms with Crippen molar-refractivity contribution in [1.82, 2.24) is 9.29 Å². The summed E-state index contributed by atoms with van der Waals surface area (Å²) in [5.74, 6) is 0. The van der Waals surface area contributed by atoms with Gasteiger partial charge in [-0.2, -0.15) is 0 Å². The Labute approximate surface area is 183 Å². The van der Waals surface area contributed by atoms with Crippen molar-refractivity contribution in [2.45, 2.75) is 17.4 Å². The van der Waals surface area contributed by atoms with Crippen LogP contribution in [0.1, 0.15) is 6.42 Å². The predicted octanol–water partition coefficient (Wildman–Crippen LogP) is 2.51. The molecule has 2 fully saturated rings. The number of anilines is 2. The summed E-state index contributed by atoms with van der Waals surface area (Å²) in [6.07, 6.45) is 2.89. The second-order valence-electron chi connectivity index (χ2n) is 8.15. The highest BCUT2D eigenvalue weighted by atomic mass is 32.2. The molecule has 3 heterocycles. The summed E-state index contributed by atoms with van der Waals surface area (Å²) >= 11 is 0. The highest BCUT2D eigenvalue weighted by molar-refractivity contribution is 7.90. The molecule has 2 aromatic carbocycles. The van der Waals surface area contributed by atoms with E-state index in [1.165, 1.54) is 3.97 Å². The lowest BCUT2D eigenvalue weighted by molar-refractivity contribution is 0.121. The van der Waals surface area contributed by atoms with Gasteiger partial charge in [-0.15, -0.1) is 0 Å². The molecule has 164 valence electrons. The number of hydrogen-bond acceptors (Lipinski definition) is 6. The van der Waals surface area contributed by atoms with Gasteiger partial charge in [0.25, 0.3) is 10.0 Å². The van der Waals surface area contributed by atoms with Crippen LogP contribution >= 0.6 is 0 Å². The third-order valence-electron chi connectivity index (χ3n) is 6.37. The third kappa shape index (κ3) is 3.69. The Hall–Kier alpha value is -2.55. The number of nitrogens with zero attached hydrogens (tertiary/aromatic N) is 3. The third-order valence-corrected chi connectivity index (χ3v) is 8.07. The molecule has 1 N–H and O–H groups in total. The smallest absolute Gasteiger partial charge is 0.268 e. The highest BCUT2D eigenvalue weighted by Crippen LogP contribution is 2.31. The van der Waals surface area contributed by atoms with Gasteiger partial charge in [-0.05, 0) is 48.9 Å². The van der Waals surface area contributed by atoms with Crippen LogP contribution in [0.15, 0.2) is 59.6 Å². The van der Waals surface area contributed by atoms with Crippen LogP contribution in [-0.2, 0) is 14.8 Å². The molecule has 0 aliphatic carbocycles.